The van der Waals surface area contributed by atoms with E-state index in [1.54, 1.807) is 6.26 Å². The minimum absolute atomic E-state index is 0.00628. The van der Waals surface area contributed by atoms with Crippen molar-refractivity contribution in [1.29, 1.82) is 0 Å². The van der Waals surface area contributed by atoms with Crippen LogP contribution in [0, 0.1) is 0 Å². The van der Waals surface area contributed by atoms with Gasteiger partial charge in [-0.25, -0.2) is 0 Å². The third-order valence-electron chi connectivity index (χ3n) is 6.01. The highest BCUT2D eigenvalue weighted by Gasteiger charge is 2.14. The van der Waals surface area contributed by atoms with Crippen LogP contribution in [0.1, 0.15) is 29.5 Å². The van der Waals surface area contributed by atoms with E-state index >= 15 is 0 Å². The highest BCUT2D eigenvalue weighted by atomic mass is 16.3. The number of amides is 1. The van der Waals surface area contributed by atoms with Crippen molar-refractivity contribution in [2.45, 2.75) is 32.4 Å². The quantitative estimate of drug-likeness (QED) is 0.495. The van der Waals surface area contributed by atoms with E-state index in [9.17, 15) is 4.79 Å². The molecule has 1 N–H and O–H groups in total. The van der Waals surface area contributed by atoms with E-state index in [4.69, 9.17) is 4.42 Å². The van der Waals surface area contributed by atoms with Crippen LogP contribution >= 0.6 is 0 Å². The Morgan fingerprint density at radius 3 is 2.53 bits per heavy atom. The van der Waals surface area contributed by atoms with Crippen LogP contribution in [-0.2, 0) is 24.3 Å². The Kier molecular flexibility index (Phi) is 5.24. The number of likely N-dealkylation sites (tertiary alicyclic amines) is 1. The molecule has 152 valence electrons. The third-order valence-corrected chi connectivity index (χ3v) is 6.01. The van der Waals surface area contributed by atoms with Crippen molar-refractivity contribution in [2.75, 3.05) is 13.1 Å². The van der Waals surface area contributed by atoms with Gasteiger partial charge in [-0.2, -0.15) is 0 Å². The Bertz CT molecular complexity index is 1170. The maximum absolute atomic E-state index is 12.6. The summed E-state index contributed by atoms with van der Waals surface area (Å²) in [5, 5.41) is 6.37. The first-order chi connectivity index (χ1) is 14.8. The van der Waals surface area contributed by atoms with Crippen molar-refractivity contribution in [3.05, 3.63) is 83.6 Å². The van der Waals surface area contributed by atoms with E-state index in [0.717, 1.165) is 39.4 Å². The zero-order chi connectivity index (χ0) is 20.3. The lowest BCUT2D eigenvalue weighted by Gasteiger charge is -2.14. The Balaban J connectivity index is 1.23. The zero-order valence-electron chi connectivity index (χ0n) is 17.1. The number of furan rings is 1. The lowest BCUT2D eigenvalue weighted by atomic mass is 10.0. The van der Waals surface area contributed by atoms with Crippen molar-refractivity contribution < 1.29 is 9.21 Å². The Morgan fingerprint density at radius 1 is 0.933 bits per heavy atom. The Hall–Kier alpha value is -3.11. The fourth-order valence-electron chi connectivity index (χ4n) is 4.40. The number of benzene rings is 3. The van der Waals surface area contributed by atoms with Gasteiger partial charge < -0.3 is 9.73 Å². The smallest absolute Gasteiger partial charge is 0.224 e. The number of nitrogens with zero attached hydrogens (tertiary/aromatic N) is 1. The molecule has 4 aromatic rings. The summed E-state index contributed by atoms with van der Waals surface area (Å²) < 4.78 is 5.70. The molecule has 1 fully saturated rings. The van der Waals surface area contributed by atoms with Gasteiger partial charge in [-0.15, -0.1) is 0 Å². The predicted molar refractivity (Wildman–Crippen MR) is 120 cm³/mol. The molecule has 2 heterocycles. The average Bonchev–Trinajstić information content (AvgIpc) is 3.43. The number of carbonyl (C=O) groups excluding carboxylic acids is 1. The van der Waals surface area contributed by atoms with Crippen molar-refractivity contribution in [1.82, 2.24) is 10.2 Å². The number of hydrogen-bond donors (Lipinski definition) is 1. The summed E-state index contributed by atoms with van der Waals surface area (Å²) in [6.45, 7) is 3.97. The van der Waals surface area contributed by atoms with Gasteiger partial charge in [0.05, 0.1) is 12.7 Å². The van der Waals surface area contributed by atoms with Gasteiger partial charge >= 0.3 is 0 Å². The van der Waals surface area contributed by atoms with Gasteiger partial charge in [0.25, 0.3) is 0 Å². The first kappa shape index (κ1) is 18.9. The molecule has 5 rings (SSSR count). The van der Waals surface area contributed by atoms with Crippen LogP contribution in [-0.4, -0.2) is 23.9 Å². The summed E-state index contributed by atoms with van der Waals surface area (Å²) >= 11 is 0. The van der Waals surface area contributed by atoms with Crippen LogP contribution in [0.25, 0.3) is 21.7 Å². The number of rotatable bonds is 6. The van der Waals surface area contributed by atoms with Crippen LogP contribution in [0.3, 0.4) is 0 Å². The fraction of sp³-hybridized carbons (Fsp3) is 0.269. The lowest BCUT2D eigenvalue weighted by Crippen LogP contribution is -2.24. The average molecular weight is 399 g/mol. The molecular formula is C26H26N2O2. The maximum Gasteiger partial charge on any atom is 0.224 e. The number of carbonyl (C=O) groups is 1. The van der Waals surface area contributed by atoms with Gasteiger partial charge in [0.1, 0.15) is 5.58 Å². The van der Waals surface area contributed by atoms with Crippen LogP contribution in [0.4, 0.5) is 0 Å². The SMILES string of the molecule is O=C(Cc1coc2ccc3ccccc3c12)NCc1ccc(CN2CCCC2)cc1. The van der Waals surface area contributed by atoms with Crippen LogP contribution in [0.15, 0.2) is 71.3 Å². The summed E-state index contributed by atoms with van der Waals surface area (Å²) in [4.78, 5) is 15.1. The Labute approximate surface area is 176 Å². The second-order valence-electron chi connectivity index (χ2n) is 8.17. The van der Waals surface area contributed by atoms with Gasteiger partial charge in [-0.3, -0.25) is 9.69 Å². The van der Waals surface area contributed by atoms with E-state index in [-0.39, 0.29) is 5.91 Å². The molecule has 3 aromatic carbocycles. The third kappa shape index (κ3) is 3.96. The normalized spacial score (nSPS) is 14.5. The van der Waals surface area contributed by atoms with Gasteiger partial charge in [0.2, 0.25) is 5.91 Å². The van der Waals surface area contributed by atoms with Gasteiger partial charge in [-0.1, -0.05) is 54.6 Å². The van der Waals surface area contributed by atoms with E-state index in [2.05, 4.69) is 52.7 Å². The topological polar surface area (TPSA) is 45.5 Å². The van der Waals surface area contributed by atoms with Crippen molar-refractivity contribution in [3.63, 3.8) is 0 Å². The summed E-state index contributed by atoms with van der Waals surface area (Å²) in [5.74, 6) is 0.00628. The van der Waals surface area contributed by atoms with E-state index < -0.39 is 0 Å². The summed E-state index contributed by atoms with van der Waals surface area (Å²) in [6, 6.07) is 20.8. The summed E-state index contributed by atoms with van der Waals surface area (Å²) in [7, 11) is 0. The molecule has 0 atom stereocenters. The second kappa shape index (κ2) is 8.33. The van der Waals surface area contributed by atoms with Gasteiger partial charge in [0.15, 0.2) is 0 Å². The van der Waals surface area contributed by atoms with Crippen LogP contribution < -0.4 is 5.32 Å². The summed E-state index contributed by atoms with van der Waals surface area (Å²) in [6.07, 6.45) is 4.65. The van der Waals surface area contributed by atoms with Crippen LogP contribution in [0.5, 0.6) is 0 Å². The molecule has 1 aliphatic heterocycles. The minimum atomic E-state index is 0.00628. The van der Waals surface area contributed by atoms with E-state index in [0.29, 0.717) is 13.0 Å². The second-order valence-corrected chi connectivity index (χ2v) is 8.17. The molecule has 0 radical (unpaired) electrons. The zero-order valence-corrected chi connectivity index (χ0v) is 17.1. The molecular weight excluding hydrogens is 372 g/mol. The lowest BCUT2D eigenvalue weighted by molar-refractivity contribution is -0.120. The number of fused-ring (bicyclic) bond motifs is 3. The Morgan fingerprint density at radius 2 is 1.70 bits per heavy atom. The monoisotopic (exact) mass is 398 g/mol. The molecule has 0 bridgehead atoms. The van der Waals surface area contributed by atoms with Crippen molar-refractivity contribution >= 4 is 27.6 Å². The first-order valence-corrected chi connectivity index (χ1v) is 10.7. The largest absolute Gasteiger partial charge is 0.464 e. The highest BCUT2D eigenvalue weighted by molar-refractivity contribution is 6.08. The molecule has 0 saturated carbocycles. The molecule has 4 heteroatoms. The molecule has 30 heavy (non-hydrogen) atoms. The molecule has 1 amide bonds. The van der Waals surface area contributed by atoms with Crippen LogP contribution in [0.2, 0.25) is 0 Å². The molecule has 1 saturated heterocycles. The predicted octanol–water partition coefficient (Wildman–Crippen LogP) is 5.04. The molecule has 0 unspecified atom stereocenters. The highest BCUT2D eigenvalue weighted by Crippen LogP contribution is 2.30. The molecule has 0 spiro atoms. The minimum Gasteiger partial charge on any atom is -0.464 e. The molecule has 1 aromatic heterocycles. The fourth-order valence-corrected chi connectivity index (χ4v) is 4.40. The maximum atomic E-state index is 12.6. The van der Waals surface area contributed by atoms with Crippen molar-refractivity contribution in [3.8, 4) is 0 Å². The molecule has 0 aliphatic carbocycles. The first-order valence-electron chi connectivity index (χ1n) is 10.7. The van der Waals surface area contributed by atoms with Crippen molar-refractivity contribution in [2.24, 2.45) is 0 Å². The number of hydrogen-bond acceptors (Lipinski definition) is 3. The molecule has 4 nitrogen and oxygen atoms in total. The molecule has 1 aliphatic rings. The standard InChI is InChI=1S/C26H26N2O2/c29-25(27-16-19-7-9-20(10-8-19)17-28-13-3-4-14-28)15-22-18-30-24-12-11-21-5-1-2-6-23(21)26(22)24/h1-2,5-12,18H,3-4,13-17H2,(H,27,29). The van der Waals surface area contributed by atoms with E-state index in [1.165, 1.54) is 31.5 Å². The van der Waals surface area contributed by atoms with E-state index in [1.807, 2.05) is 18.2 Å². The summed E-state index contributed by atoms with van der Waals surface area (Å²) in [5.41, 5.74) is 4.21. The van der Waals surface area contributed by atoms with Gasteiger partial charge in [0, 0.05) is 24.0 Å². The number of nitrogens with one attached hydrogen (secondary N) is 1. The van der Waals surface area contributed by atoms with Gasteiger partial charge in [-0.05, 0) is 53.9 Å².